The van der Waals surface area contributed by atoms with Crippen LogP contribution in [0.2, 0.25) is 0 Å². The van der Waals surface area contributed by atoms with E-state index in [1.165, 1.54) is 11.1 Å². The molecular formula is C29H28N4O2S. The average molecular weight is 497 g/mol. The highest BCUT2D eigenvalue weighted by Crippen LogP contribution is 2.38. The van der Waals surface area contributed by atoms with Gasteiger partial charge in [-0.1, -0.05) is 65.8 Å². The molecule has 0 saturated carbocycles. The quantitative estimate of drug-likeness (QED) is 0.318. The summed E-state index contributed by atoms with van der Waals surface area (Å²) in [7, 11) is 1.67. The molecule has 1 aliphatic rings. The third-order valence-corrected chi connectivity index (χ3v) is 6.96. The molecule has 36 heavy (non-hydrogen) atoms. The number of rotatable bonds is 6. The van der Waals surface area contributed by atoms with Crippen LogP contribution < -0.4 is 10.1 Å². The third-order valence-electron chi connectivity index (χ3n) is 6.62. The topological polar surface area (TPSA) is 63.4 Å². The summed E-state index contributed by atoms with van der Waals surface area (Å²) >= 11 is 5.87. The lowest BCUT2D eigenvalue weighted by atomic mass is 9.92. The van der Waals surface area contributed by atoms with Gasteiger partial charge in [-0.25, -0.2) is 0 Å². The predicted molar refractivity (Wildman–Crippen MR) is 145 cm³/mol. The molecule has 1 aliphatic heterocycles. The van der Waals surface area contributed by atoms with Gasteiger partial charge in [-0.15, -0.1) is 0 Å². The number of methoxy groups -OCH3 is 1. The van der Waals surface area contributed by atoms with Crippen molar-refractivity contribution in [3.63, 3.8) is 0 Å². The van der Waals surface area contributed by atoms with Crippen molar-refractivity contribution in [1.29, 1.82) is 0 Å². The number of hydrogen-bond acceptors (Lipinski definition) is 5. The molecule has 1 unspecified atom stereocenters. The van der Waals surface area contributed by atoms with Gasteiger partial charge in [-0.05, 0) is 67.4 Å². The van der Waals surface area contributed by atoms with Gasteiger partial charge in [0.1, 0.15) is 5.75 Å². The average Bonchev–Trinajstić information content (AvgIpc) is 3.38. The first kappa shape index (κ1) is 23.8. The van der Waals surface area contributed by atoms with Crippen molar-refractivity contribution in [3.8, 4) is 17.1 Å². The maximum Gasteiger partial charge on any atom is 0.258 e. The molecule has 0 fully saturated rings. The van der Waals surface area contributed by atoms with Crippen LogP contribution in [0.3, 0.4) is 0 Å². The van der Waals surface area contributed by atoms with Crippen LogP contribution in [-0.4, -0.2) is 27.3 Å². The summed E-state index contributed by atoms with van der Waals surface area (Å²) in [6.45, 7) is 6.87. The van der Waals surface area contributed by atoms with Crippen molar-refractivity contribution in [2.75, 3.05) is 7.11 Å². The Morgan fingerprint density at radius 3 is 2.53 bits per heavy atom. The van der Waals surface area contributed by atoms with E-state index in [1.54, 1.807) is 7.11 Å². The SMILES string of the molecule is COc1cccc(CN2C(=S)NC(c3ccc(C)c(C)c3)C(c3nc(-c4ccccc4)no3)=C2C)c1. The van der Waals surface area contributed by atoms with Crippen LogP contribution in [0.4, 0.5) is 0 Å². The van der Waals surface area contributed by atoms with Gasteiger partial charge in [0, 0.05) is 11.3 Å². The maximum atomic E-state index is 5.87. The second kappa shape index (κ2) is 9.95. The summed E-state index contributed by atoms with van der Waals surface area (Å²) in [5.74, 6) is 1.83. The molecular weight excluding hydrogens is 468 g/mol. The standard InChI is InChI=1S/C29H28N4O2S/c1-18-13-14-23(15-19(18)2)26-25(28-31-27(32-35-28)22-10-6-5-7-11-22)20(3)33(29(36)30-26)17-21-9-8-12-24(16-21)34-4/h5-16,26H,17H2,1-4H3,(H,30,36). The van der Waals surface area contributed by atoms with Gasteiger partial charge < -0.3 is 19.5 Å². The fourth-order valence-corrected chi connectivity index (χ4v) is 4.75. The Kier molecular flexibility index (Phi) is 6.57. The smallest absolute Gasteiger partial charge is 0.258 e. The lowest BCUT2D eigenvalue weighted by Gasteiger charge is -2.37. The van der Waals surface area contributed by atoms with Crippen molar-refractivity contribution in [1.82, 2.24) is 20.4 Å². The lowest BCUT2D eigenvalue weighted by molar-refractivity contribution is 0.395. The number of nitrogens with zero attached hydrogens (tertiary/aromatic N) is 3. The lowest BCUT2D eigenvalue weighted by Crippen LogP contribution is -2.45. The molecule has 1 atom stereocenters. The molecule has 0 spiro atoms. The molecule has 0 amide bonds. The molecule has 5 rings (SSSR count). The molecule has 1 aromatic heterocycles. The Morgan fingerprint density at radius 2 is 1.78 bits per heavy atom. The fourth-order valence-electron chi connectivity index (χ4n) is 4.43. The largest absolute Gasteiger partial charge is 0.497 e. The van der Waals surface area contributed by atoms with Crippen LogP contribution in [0.25, 0.3) is 17.0 Å². The first-order chi connectivity index (χ1) is 17.4. The highest BCUT2D eigenvalue weighted by Gasteiger charge is 2.34. The molecule has 0 radical (unpaired) electrons. The zero-order valence-electron chi connectivity index (χ0n) is 20.8. The minimum absolute atomic E-state index is 0.220. The number of ether oxygens (including phenoxy) is 1. The Hall–Kier alpha value is -3.97. The molecule has 1 N–H and O–H groups in total. The number of thiocarbonyl (C=S) groups is 1. The van der Waals surface area contributed by atoms with Gasteiger partial charge in [0.15, 0.2) is 5.11 Å². The monoisotopic (exact) mass is 496 g/mol. The van der Waals surface area contributed by atoms with Gasteiger partial charge in [-0.3, -0.25) is 0 Å². The summed E-state index contributed by atoms with van der Waals surface area (Å²) in [4.78, 5) is 6.87. The van der Waals surface area contributed by atoms with E-state index >= 15 is 0 Å². The molecule has 0 bridgehead atoms. The highest BCUT2D eigenvalue weighted by atomic mass is 32.1. The summed E-state index contributed by atoms with van der Waals surface area (Å²) in [6.07, 6.45) is 0. The van der Waals surface area contributed by atoms with Gasteiger partial charge in [-0.2, -0.15) is 4.98 Å². The van der Waals surface area contributed by atoms with Crippen molar-refractivity contribution in [2.24, 2.45) is 0 Å². The van der Waals surface area contributed by atoms with E-state index in [1.807, 2.05) is 48.5 Å². The Morgan fingerprint density at radius 1 is 0.972 bits per heavy atom. The third kappa shape index (κ3) is 4.62. The number of hydrogen-bond donors (Lipinski definition) is 1. The second-order valence-corrected chi connectivity index (χ2v) is 9.34. The second-order valence-electron chi connectivity index (χ2n) is 8.95. The molecule has 4 aromatic rings. The molecule has 2 heterocycles. The van der Waals surface area contributed by atoms with Crippen LogP contribution in [0.1, 0.15) is 41.1 Å². The van der Waals surface area contributed by atoms with Crippen LogP contribution in [0, 0.1) is 13.8 Å². The van der Waals surface area contributed by atoms with Crippen LogP contribution >= 0.6 is 12.2 Å². The van der Waals surface area contributed by atoms with E-state index in [4.69, 9.17) is 26.5 Å². The van der Waals surface area contributed by atoms with Crippen LogP contribution in [0.5, 0.6) is 5.75 Å². The predicted octanol–water partition coefficient (Wildman–Crippen LogP) is 6.22. The summed E-state index contributed by atoms with van der Waals surface area (Å²) in [6, 6.07) is 24.1. The summed E-state index contributed by atoms with van der Waals surface area (Å²) < 4.78 is 11.3. The van der Waals surface area contributed by atoms with Crippen molar-refractivity contribution in [3.05, 3.63) is 107 Å². The molecule has 0 aliphatic carbocycles. The first-order valence-corrected chi connectivity index (χ1v) is 12.2. The maximum absolute atomic E-state index is 5.87. The Bertz CT molecular complexity index is 1440. The zero-order valence-corrected chi connectivity index (χ0v) is 21.6. The van der Waals surface area contributed by atoms with Crippen LogP contribution in [-0.2, 0) is 6.54 Å². The molecule has 0 saturated heterocycles. The van der Waals surface area contributed by atoms with Crippen molar-refractivity contribution in [2.45, 2.75) is 33.4 Å². The fraction of sp³-hybridized carbons (Fsp3) is 0.207. The molecule has 6 nitrogen and oxygen atoms in total. The van der Waals surface area contributed by atoms with Crippen molar-refractivity contribution >= 4 is 22.9 Å². The number of allylic oxidation sites excluding steroid dienone is 1. The zero-order chi connectivity index (χ0) is 25.2. The van der Waals surface area contributed by atoms with E-state index in [9.17, 15) is 0 Å². The first-order valence-electron chi connectivity index (χ1n) is 11.8. The molecule has 7 heteroatoms. The normalized spacial score (nSPS) is 15.7. The van der Waals surface area contributed by atoms with Gasteiger partial charge >= 0.3 is 0 Å². The molecule has 3 aromatic carbocycles. The van der Waals surface area contributed by atoms with E-state index in [0.29, 0.717) is 23.4 Å². The van der Waals surface area contributed by atoms with E-state index < -0.39 is 0 Å². The number of aryl methyl sites for hydroxylation is 2. The van der Waals surface area contributed by atoms with Gasteiger partial charge in [0.25, 0.3) is 5.89 Å². The minimum atomic E-state index is -0.220. The van der Waals surface area contributed by atoms with Crippen LogP contribution in [0.15, 0.2) is 83.0 Å². The summed E-state index contributed by atoms with van der Waals surface area (Å²) in [5.41, 5.74) is 7.40. The van der Waals surface area contributed by atoms with E-state index in [0.717, 1.165) is 33.7 Å². The number of benzene rings is 3. The Balaban J connectivity index is 1.60. The number of aromatic nitrogens is 2. The summed E-state index contributed by atoms with van der Waals surface area (Å²) in [5, 5.41) is 8.48. The van der Waals surface area contributed by atoms with E-state index in [2.05, 4.69) is 60.4 Å². The Labute approximate surface area is 216 Å². The minimum Gasteiger partial charge on any atom is -0.497 e. The number of nitrogens with one attached hydrogen (secondary N) is 1. The van der Waals surface area contributed by atoms with Gasteiger partial charge in [0.05, 0.1) is 25.3 Å². The van der Waals surface area contributed by atoms with Crippen molar-refractivity contribution < 1.29 is 9.26 Å². The van der Waals surface area contributed by atoms with E-state index in [-0.39, 0.29) is 6.04 Å². The van der Waals surface area contributed by atoms with Gasteiger partial charge in [0.2, 0.25) is 5.82 Å². The highest BCUT2D eigenvalue weighted by molar-refractivity contribution is 7.80. The molecule has 182 valence electrons.